The molecule has 3 fully saturated rings. The number of aliphatic hydroxyl groups excluding tert-OH is 3. The standard InChI is InChI=1S/C38H70O9/c1-12-17-18-29(39)36(16-5)21-23(7)38(44,47-36)35(11)20-22(6)33(45-35)27(14-3)31(41)24(8)30(40)25(9)34-28(15-4)32(42)26(10)37(43,46-34)19-13-2/h22-30,32-34,39-40,42-44H,12-21H2,1-11H3. The SMILES string of the molecule is CCCCC(O)C1(CC)CC(C)C(O)(C2(C)CC(C)C(C(CC)C(=O)C(C)C(O)C(C)C3OC(O)(CCC)C(C)C(O)C3CC)O2)O1. The van der Waals surface area contributed by atoms with Crippen molar-refractivity contribution < 1.29 is 44.5 Å². The number of carbonyl (C=O) groups excluding carboxylic acids is 1. The van der Waals surface area contributed by atoms with Gasteiger partial charge in [-0.1, -0.05) is 88.5 Å². The highest BCUT2D eigenvalue weighted by molar-refractivity contribution is 5.84. The Bertz CT molecular complexity index is 1030. The lowest BCUT2D eigenvalue weighted by Crippen LogP contribution is -2.60. The van der Waals surface area contributed by atoms with Crippen LogP contribution in [0, 0.1) is 41.4 Å². The van der Waals surface area contributed by atoms with Crippen LogP contribution in [0.2, 0.25) is 0 Å². The molecule has 0 aromatic rings. The molecular weight excluding hydrogens is 600 g/mol. The van der Waals surface area contributed by atoms with E-state index in [1.807, 2.05) is 55.4 Å². The number of carbonyl (C=O) groups is 1. The highest BCUT2D eigenvalue weighted by Crippen LogP contribution is 2.56. The van der Waals surface area contributed by atoms with E-state index in [4.69, 9.17) is 14.2 Å². The van der Waals surface area contributed by atoms with Gasteiger partial charge in [-0.15, -0.1) is 0 Å². The normalized spacial score (nSPS) is 44.2. The summed E-state index contributed by atoms with van der Waals surface area (Å²) in [4.78, 5) is 14.2. The smallest absolute Gasteiger partial charge is 0.198 e. The van der Waals surface area contributed by atoms with Gasteiger partial charge in [-0.25, -0.2) is 0 Å². The molecule has 3 rings (SSSR count). The van der Waals surface area contributed by atoms with Crippen molar-refractivity contribution in [3.63, 3.8) is 0 Å². The summed E-state index contributed by atoms with van der Waals surface area (Å²) in [5.74, 6) is -6.18. The topological polar surface area (TPSA) is 146 Å². The van der Waals surface area contributed by atoms with Gasteiger partial charge in [0.2, 0.25) is 0 Å². The average Bonchev–Trinajstić information content (AvgIpc) is 3.51. The molecule has 0 aliphatic carbocycles. The van der Waals surface area contributed by atoms with Crippen LogP contribution in [0.5, 0.6) is 0 Å². The summed E-state index contributed by atoms with van der Waals surface area (Å²) < 4.78 is 19.7. The van der Waals surface area contributed by atoms with Crippen molar-refractivity contribution in [2.45, 2.75) is 194 Å². The van der Waals surface area contributed by atoms with Gasteiger partial charge in [-0.3, -0.25) is 4.79 Å². The Labute approximate surface area is 285 Å². The van der Waals surface area contributed by atoms with Gasteiger partial charge < -0.3 is 39.7 Å². The van der Waals surface area contributed by atoms with E-state index in [2.05, 4.69) is 6.92 Å². The maximum atomic E-state index is 14.2. The van der Waals surface area contributed by atoms with Crippen molar-refractivity contribution >= 4 is 5.78 Å². The highest BCUT2D eigenvalue weighted by Gasteiger charge is 2.67. The number of hydrogen-bond donors (Lipinski definition) is 5. The van der Waals surface area contributed by atoms with Crippen LogP contribution in [0.4, 0.5) is 0 Å². The Kier molecular flexibility index (Phi) is 13.6. The minimum absolute atomic E-state index is 0.0658. The molecule has 0 radical (unpaired) electrons. The van der Waals surface area contributed by atoms with Crippen LogP contribution in [-0.2, 0) is 19.0 Å². The van der Waals surface area contributed by atoms with Crippen molar-refractivity contribution in [2.75, 3.05) is 0 Å². The van der Waals surface area contributed by atoms with Gasteiger partial charge in [0.25, 0.3) is 0 Å². The fraction of sp³-hybridized carbons (Fsp3) is 0.974. The lowest BCUT2D eigenvalue weighted by atomic mass is 9.71. The zero-order chi connectivity index (χ0) is 35.7. The molecule has 0 amide bonds. The minimum atomic E-state index is -1.64. The van der Waals surface area contributed by atoms with Crippen molar-refractivity contribution in [1.82, 2.24) is 0 Å². The van der Waals surface area contributed by atoms with Gasteiger partial charge in [0, 0.05) is 41.9 Å². The molecule has 3 heterocycles. The number of Topliss-reactive ketones (excluding diaryl/α,β-unsaturated/α-hetero) is 1. The third kappa shape index (κ3) is 7.40. The van der Waals surface area contributed by atoms with E-state index in [0.29, 0.717) is 51.4 Å². The van der Waals surface area contributed by atoms with Crippen LogP contribution >= 0.6 is 0 Å². The molecule has 3 saturated heterocycles. The van der Waals surface area contributed by atoms with Gasteiger partial charge in [0.05, 0.1) is 36.1 Å². The predicted molar refractivity (Wildman–Crippen MR) is 182 cm³/mol. The third-order valence-corrected chi connectivity index (χ3v) is 12.9. The van der Waals surface area contributed by atoms with E-state index in [-0.39, 0.29) is 23.5 Å². The number of rotatable bonds is 16. The van der Waals surface area contributed by atoms with Crippen LogP contribution < -0.4 is 0 Å². The number of unbranched alkanes of at least 4 members (excludes halogenated alkanes) is 1. The predicted octanol–water partition coefficient (Wildman–Crippen LogP) is 5.75. The lowest BCUT2D eigenvalue weighted by Gasteiger charge is -2.51. The molecular formula is C38H70O9. The van der Waals surface area contributed by atoms with Crippen molar-refractivity contribution in [1.29, 1.82) is 0 Å². The molecule has 3 aliphatic rings. The summed E-state index contributed by atoms with van der Waals surface area (Å²) in [6.07, 6.45) is 2.50. The Morgan fingerprint density at radius 1 is 0.936 bits per heavy atom. The molecule has 3 aliphatic heterocycles. The minimum Gasteiger partial charge on any atom is -0.392 e. The van der Waals surface area contributed by atoms with Crippen LogP contribution in [0.15, 0.2) is 0 Å². The molecule has 16 unspecified atom stereocenters. The van der Waals surface area contributed by atoms with Gasteiger partial charge in [-0.05, 0) is 51.4 Å². The summed E-state index contributed by atoms with van der Waals surface area (Å²) in [5, 5.41) is 57.7. The molecule has 0 bridgehead atoms. The maximum Gasteiger partial charge on any atom is 0.198 e. The second kappa shape index (κ2) is 15.7. The number of hydrogen-bond acceptors (Lipinski definition) is 9. The van der Waals surface area contributed by atoms with Crippen LogP contribution in [0.3, 0.4) is 0 Å². The summed E-state index contributed by atoms with van der Waals surface area (Å²) in [6.45, 7) is 21.2. The first-order chi connectivity index (χ1) is 21.9. The monoisotopic (exact) mass is 671 g/mol. The van der Waals surface area contributed by atoms with Crippen LogP contribution in [0.25, 0.3) is 0 Å². The molecule has 5 N–H and O–H groups in total. The second-order valence-corrected chi connectivity index (χ2v) is 16.1. The molecule has 9 nitrogen and oxygen atoms in total. The van der Waals surface area contributed by atoms with Gasteiger partial charge in [-0.2, -0.15) is 0 Å². The van der Waals surface area contributed by atoms with Crippen molar-refractivity contribution in [3.8, 4) is 0 Å². The quantitative estimate of drug-likeness (QED) is 0.139. The Hall–Kier alpha value is -0.650. The van der Waals surface area contributed by atoms with Crippen molar-refractivity contribution in [2.24, 2.45) is 41.4 Å². The fourth-order valence-corrected chi connectivity index (χ4v) is 9.59. The summed E-state index contributed by atoms with van der Waals surface area (Å²) in [6, 6.07) is 0. The Morgan fingerprint density at radius 2 is 1.57 bits per heavy atom. The molecule has 0 spiro atoms. The van der Waals surface area contributed by atoms with Crippen molar-refractivity contribution in [3.05, 3.63) is 0 Å². The summed E-state index contributed by atoms with van der Waals surface area (Å²) >= 11 is 0. The molecule has 0 aromatic carbocycles. The zero-order valence-electron chi connectivity index (χ0n) is 31.4. The first kappa shape index (κ1) is 40.8. The molecule has 16 atom stereocenters. The van der Waals surface area contributed by atoms with Crippen LogP contribution in [0.1, 0.15) is 140 Å². The number of ketones is 1. The molecule has 47 heavy (non-hydrogen) atoms. The second-order valence-electron chi connectivity index (χ2n) is 16.1. The molecule has 0 saturated carbocycles. The fourth-order valence-electron chi connectivity index (χ4n) is 9.59. The van der Waals surface area contributed by atoms with E-state index in [0.717, 1.165) is 12.8 Å². The van der Waals surface area contributed by atoms with E-state index in [1.165, 1.54) is 0 Å². The highest BCUT2D eigenvalue weighted by atomic mass is 16.7. The first-order valence-electron chi connectivity index (χ1n) is 19.0. The summed E-state index contributed by atoms with van der Waals surface area (Å²) in [7, 11) is 0. The number of ether oxygens (including phenoxy) is 3. The van der Waals surface area contributed by atoms with E-state index in [1.54, 1.807) is 13.8 Å². The Balaban J connectivity index is 1.81. The molecule has 9 heteroatoms. The third-order valence-electron chi connectivity index (χ3n) is 12.9. The summed E-state index contributed by atoms with van der Waals surface area (Å²) in [5.41, 5.74) is -1.96. The first-order valence-corrected chi connectivity index (χ1v) is 19.0. The van der Waals surface area contributed by atoms with Gasteiger partial charge in [0.1, 0.15) is 11.4 Å². The molecule has 0 aromatic heterocycles. The van der Waals surface area contributed by atoms with Crippen LogP contribution in [-0.4, -0.2) is 84.6 Å². The molecule has 276 valence electrons. The van der Waals surface area contributed by atoms with E-state index in [9.17, 15) is 30.3 Å². The largest absolute Gasteiger partial charge is 0.392 e. The zero-order valence-corrected chi connectivity index (χ0v) is 31.4. The van der Waals surface area contributed by atoms with Gasteiger partial charge >= 0.3 is 0 Å². The average molecular weight is 671 g/mol. The van der Waals surface area contributed by atoms with Gasteiger partial charge in [0.15, 0.2) is 11.6 Å². The van der Waals surface area contributed by atoms with E-state index < -0.39 is 77.0 Å². The Morgan fingerprint density at radius 3 is 2.11 bits per heavy atom. The van der Waals surface area contributed by atoms with E-state index >= 15 is 0 Å². The maximum absolute atomic E-state index is 14.2. The lowest BCUT2D eigenvalue weighted by molar-refractivity contribution is -0.334. The number of aliphatic hydroxyl groups is 5.